The molecular formula is C30H36OS. The number of allylic oxidation sites excluding steroid dienone is 2. The highest BCUT2D eigenvalue weighted by atomic mass is 32.1. The lowest BCUT2D eigenvalue weighted by atomic mass is 9.70. The van der Waals surface area contributed by atoms with Crippen molar-refractivity contribution in [3.63, 3.8) is 0 Å². The largest absolute Gasteiger partial charge is 0.497 e. The molecule has 5 rings (SSSR count). The lowest BCUT2D eigenvalue weighted by molar-refractivity contribution is 0.189. The van der Waals surface area contributed by atoms with Crippen LogP contribution in [0.4, 0.5) is 0 Å². The molecule has 1 atom stereocenters. The molecule has 1 aromatic heterocycles. The monoisotopic (exact) mass is 444 g/mol. The fourth-order valence-corrected chi connectivity index (χ4v) is 7.13. The van der Waals surface area contributed by atoms with Gasteiger partial charge >= 0.3 is 0 Å². The summed E-state index contributed by atoms with van der Waals surface area (Å²) < 4.78 is 6.67. The van der Waals surface area contributed by atoms with Gasteiger partial charge in [-0.05, 0) is 96.2 Å². The van der Waals surface area contributed by atoms with Crippen molar-refractivity contribution in [3.05, 3.63) is 60.2 Å². The predicted octanol–water partition coefficient (Wildman–Crippen LogP) is 9.37. The van der Waals surface area contributed by atoms with E-state index in [2.05, 4.69) is 55.5 Å². The number of fused-ring (bicyclic) bond motifs is 1. The minimum atomic E-state index is 0.927. The van der Waals surface area contributed by atoms with Crippen LogP contribution in [0.2, 0.25) is 0 Å². The minimum absolute atomic E-state index is 0.927. The molecule has 32 heavy (non-hydrogen) atoms. The van der Waals surface area contributed by atoms with Crippen molar-refractivity contribution in [2.45, 2.75) is 64.7 Å². The van der Waals surface area contributed by atoms with Gasteiger partial charge in [0, 0.05) is 9.58 Å². The van der Waals surface area contributed by atoms with Gasteiger partial charge in [-0.25, -0.2) is 0 Å². The molecule has 0 spiro atoms. The summed E-state index contributed by atoms with van der Waals surface area (Å²) in [4.78, 5) is 1.33. The molecule has 168 valence electrons. The van der Waals surface area contributed by atoms with E-state index in [1.54, 1.807) is 12.7 Å². The van der Waals surface area contributed by atoms with E-state index in [1.807, 2.05) is 17.4 Å². The van der Waals surface area contributed by atoms with Crippen LogP contribution in [0.25, 0.3) is 26.1 Å². The van der Waals surface area contributed by atoms with Crippen LogP contribution in [0.1, 0.15) is 70.3 Å². The first-order chi connectivity index (χ1) is 15.7. The second-order valence-corrected chi connectivity index (χ2v) is 11.0. The van der Waals surface area contributed by atoms with Crippen LogP contribution < -0.4 is 4.74 Å². The van der Waals surface area contributed by atoms with E-state index in [9.17, 15) is 0 Å². The Morgan fingerprint density at radius 1 is 0.875 bits per heavy atom. The number of methoxy groups -OCH3 is 1. The topological polar surface area (TPSA) is 9.23 Å². The third-order valence-corrected chi connectivity index (χ3v) is 9.12. The molecule has 2 aliphatic rings. The standard InChI is InChI=1S/C30H36OS/c1-3-4-21-5-7-22(8-6-21)23-9-11-24(12-10-23)25-13-15-26(16-14-25)29-19-27-17-18-28(31-2)20-30(27)32-29/h11,13-23H,3-10,12H2,1-2H3. The Bertz CT molecular complexity index is 1070. The van der Waals surface area contributed by atoms with Crippen LogP contribution >= 0.6 is 11.3 Å². The summed E-state index contributed by atoms with van der Waals surface area (Å²) in [7, 11) is 1.73. The molecule has 0 bridgehead atoms. The highest BCUT2D eigenvalue weighted by molar-refractivity contribution is 7.22. The maximum Gasteiger partial charge on any atom is 0.120 e. The van der Waals surface area contributed by atoms with Crippen molar-refractivity contribution >= 4 is 27.0 Å². The van der Waals surface area contributed by atoms with Gasteiger partial charge in [-0.15, -0.1) is 11.3 Å². The molecule has 0 amide bonds. The van der Waals surface area contributed by atoms with Crippen LogP contribution in [-0.2, 0) is 0 Å². The molecule has 2 aromatic carbocycles. The summed E-state index contributed by atoms with van der Waals surface area (Å²) >= 11 is 1.85. The highest BCUT2D eigenvalue weighted by Gasteiger charge is 2.28. The molecule has 2 heteroatoms. The molecule has 2 aliphatic carbocycles. The molecule has 3 aromatic rings. The average Bonchev–Trinajstić information content (AvgIpc) is 3.28. The van der Waals surface area contributed by atoms with Crippen molar-refractivity contribution in [3.8, 4) is 16.2 Å². The summed E-state index contributed by atoms with van der Waals surface area (Å²) in [5.41, 5.74) is 4.29. The third-order valence-electron chi connectivity index (χ3n) is 7.97. The Morgan fingerprint density at radius 3 is 2.34 bits per heavy atom. The minimum Gasteiger partial charge on any atom is -0.497 e. The van der Waals surface area contributed by atoms with E-state index in [-0.39, 0.29) is 0 Å². The number of ether oxygens (including phenoxy) is 1. The zero-order valence-corrected chi connectivity index (χ0v) is 20.4. The van der Waals surface area contributed by atoms with Crippen molar-refractivity contribution in [2.24, 2.45) is 17.8 Å². The second-order valence-electron chi connectivity index (χ2n) is 9.93. The molecule has 0 aliphatic heterocycles. The molecule has 1 saturated carbocycles. The molecule has 0 saturated heterocycles. The van der Waals surface area contributed by atoms with Gasteiger partial charge in [-0.2, -0.15) is 0 Å². The maximum absolute atomic E-state index is 5.38. The third kappa shape index (κ3) is 4.66. The van der Waals surface area contributed by atoms with Gasteiger partial charge in [0.1, 0.15) is 5.75 Å². The molecule has 1 fully saturated rings. The Morgan fingerprint density at radius 2 is 1.66 bits per heavy atom. The maximum atomic E-state index is 5.38. The normalized spacial score (nSPS) is 23.8. The van der Waals surface area contributed by atoms with Gasteiger partial charge in [0.15, 0.2) is 0 Å². The van der Waals surface area contributed by atoms with Gasteiger partial charge in [0.2, 0.25) is 0 Å². The molecule has 1 heterocycles. The van der Waals surface area contributed by atoms with E-state index < -0.39 is 0 Å². The predicted molar refractivity (Wildman–Crippen MR) is 139 cm³/mol. The fourth-order valence-electron chi connectivity index (χ4n) is 6.03. The lowest BCUT2D eigenvalue weighted by Gasteiger charge is -2.35. The Balaban J connectivity index is 1.23. The molecule has 0 radical (unpaired) electrons. The Kier molecular flexibility index (Phi) is 6.69. The Hall–Kier alpha value is -2.06. The summed E-state index contributed by atoms with van der Waals surface area (Å²) in [6.45, 7) is 2.34. The van der Waals surface area contributed by atoms with Crippen LogP contribution in [0.5, 0.6) is 5.75 Å². The first-order valence-corrected chi connectivity index (χ1v) is 13.4. The van der Waals surface area contributed by atoms with E-state index in [0.717, 1.165) is 23.5 Å². The average molecular weight is 445 g/mol. The fraction of sp³-hybridized carbons (Fsp3) is 0.467. The van der Waals surface area contributed by atoms with Crippen molar-refractivity contribution in [1.29, 1.82) is 0 Å². The van der Waals surface area contributed by atoms with Gasteiger partial charge in [0.25, 0.3) is 0 Å². The number of thiophene rings is 1. The van der Waals surface area contributed by atoms with Crippen molar-refractivity contribution in [1.82, 2.24) is 0 Å². The van der Waals surface area contributed by atoms with Gasteiger partial charge in [0.05, 0.1) is 7.11 Å². The van der Waals surface area contributed by atoms with Crippen molar-refractivity contribution in [2.75, 3.05) is 7.11 Å². The number of hydrogen-bond acceptors (Lipinski definition) is 2. The summed E-state index contributed by atoms with van der Waals surface area (Å²) in [5.74, 6) is 3.86. The second kappa shape index (κ2) is 9.83. The van der Waals surface area contributed by atoms with Gasteiger partial charge in [-0.3, -0.25) is 0 Å². The number of hydrogen-bond donors (Lipinski definition) is 0. The highest BCUT2D eigenvalue weighted by Crippen LogP contribution is 2.42. The van der Waals surface area contributed by atoms with E-state index in [0.29, 0.717) is 0 Å². The molecule has 0 N–H and O–H groups in total. The van der Waals surface area contributed by atoms with Crippen LogP contribution in [0, 0.1) is 17.8 Å². The van der Waals surface area contributed by atoms with Gasteiger partial charge < -0.3 is 4.74 Å². The van der Waals surface area contributed by atoms with Crippen LogP contribution in [-0.4, -0.2) is 7.11 Å². The van der Waals surface area contributed by atoms with Crippen molar-refractivity contribution < 1.29 is 4.74 Å². The summed E-state index contributed by atoms with van der Waals surface area (Å²) in [6, 6.07) is 17.9. The first kappa shape index (κ1) is 21.8. The SMILES string of the molecule is CCCC1CCC(C2CC=C(c3ccc(-c4cc5ccc(OC)cc5s4)cc3)CC2)CC1. The lowest BCUT2D eigenvalue weighted by Crippen LogP contribution is -2.23. The quantitative estimate of drug-likeness (QED) is 0.368. The molecule has 1 nitrogen and oxygen atoms in total. The molecule has 1 unspecified atom stereocenters. The first-order valence-electron chi connectivity index (χ1n) is 12.6. The van der Waals surface area contributed by atoms with E-state index in [4.69, 9.17) is 4.74 Å². The summed E-state index contributed by atoms with van der Waals surface area (Å²) in [5, 5.41) is 1.29. The zero-order chi connectivity index (χ0) is 21.9. The Labute approximate surface area is 197 Å². The van der Waals surface area contributed by atoms with E-state index in [1.165, 1.54) is 83.9 Å². The molecular weight excluding hydrogens is 408 g/mol. The smallest absolute Gasteiger partial charge is 0.120 e. The van der Waals surface area contributed by atoms with Crippen LogP contribution in [0.15, 0.2) is 54.6 Å². The number of benzene rings is 2. The zero-order valence-electron chi connectivity index (χ0n) is 19.6. The van der Waals surface area contributed by atoms with E-state index >= 15 is 0 Å². The van der Waals surface area contributed by atoms with Crippen LogP contribution in [0.3, 0.4) is 0 Å². The van der Waals surface area contributed by atoms with Gasteiger partial charge in [-0.1, -0.05) is 62.9 Å². The number of rotatable bonds is 6. The summed E-state index contributed by atoms with van der Waals surface area (Å²) in [6.07, 6.45) is 15.2.